The quantitative estimate of drug-likeness (QED) is 0.708. The van der Waals surface area contributed by atoms with Gasteiger partial charge in [0.25, 0.3) is 15.9 Å². The molecule has 0 fully saturated rings. The molecule has 0 aromatic heterocycles. The van der Waals surface area contributed by atoms with Gasteiger partial charge in [0.1, 0.15) is 0 Å². The lowest BCUT2D eigenvalue weighted by atomic mass is 10.2. The van der Waals surface area contributed by atoms with Crippen LogP contribution in [0.2, 0.25) is 0 Å². The molecule has 6 nitrogen and oxygen atoms in total. The summed E-state index contributed by atoms with van der Waals surface area (Å²) in [4.78, 5) is 11.9. The van der Waals surface area contributed by atoms with E-state index >= 15 is 0 Å². The fourth-order valence-corrected chi connectivity index (χ4v) is 2.86. The summed E-state index contributed by atoms with van der Waals surface area (Å²) >= 11 is 0. The first-order valence-corrected chi connectivity index (χ1v) is 9.18. The zero-order chi connectivity index (χ0) is 18.1. The highest BCUT2D eigenvalue weighted by Gasteiger charge is 2.08. The van der Waals surface area contributed by atoms with Crippen LogP contribution in [0.25, 0.3) is 6.08 Å². The standard InChI is InChI=1S/C18H20N2O4S/c1-24-13-12-19-18(21)16-7-9-17(10-8-16)20-25(22,23)14-11-15-5-3-2-4-6-15/h2-11,14,20H,12-13H2,1H3,(H,19,21)/b14-11+. The molecule has 0 aliphatic heterocycles. The highest BCUT2D eigenvalue weighted by atomic mass is 32.2. The Kier molecular flexibility index (Phi) is 6.73. The molecule has 25 heavy (non-hydrogen) atoms. The third kappa shape index (κ3) is 6.40. The second kappa shape index (κ2) is 9.00. The van der Waals surface area contributed by atoms with Gasteiger partial charge in [-0.15, -0.1) is 0 Å². The molecule has 7 heteroatoms. The van der Waals surface area contributed by atoms with Gasteiger partial charge in [0.05, 0.1) is 12.0 Å². The number of sulfonamides is 1. The van der Waals surface area contributed by atoms with Crippen LogP contribution in [0.4, 0.5) is 5.69 Å². The maximum atomic E-state index is 12.1. The normalized spacial score (nSPS) is 11.4. The van der Waals surface area contributed by atoms with E-state index in [1.54, 1.807) is 31.4 Å². The summed E-state index contributed by atoms with van der Waals surface area (Å²) in [6.07, 6.45) is 1.51. The lowest BCUT2D eigenvalue weighted by molar-refractivity contribution is 0.0937. The fourth-order valence-electron chi connectivity index (χ4n) is 1.99. The highest BCUT2D eigenvalue weighted by Crippen LogP contribution is 2.13. The molecule has 0 aliphatic rings. The number of anilines is 1. The van der Waals surface area contributed by atoms with Crippen molar-refractivity contribution in [2.24, 2.45) is 0 Å². The summed E-state index contributed by atoms with van der Waals surface area (Å²) in [5, 5.41) is 3.80. The van der Waals surface area contributed by atoms with Crippen LogP contribution in [-0.2, 0) is 14.8 Å². The molecule has 0 radical (unpaired) electrons. The molecular formula is C18H20N2O4S. The minimum Gasteiger partial charge on any atom is -0.383 e. The molecule has 2 rings (SSSR count). The lowest BCUT2D eigenvalue weighted by Crippen LogP contribution is -2.26. The molecular weight excluding hydrogens is 340 g/mol. The van der Waals surface area contributed by atoms with Crippen LogP contribution in [0.15, 0.2) is 60.0 Å². The van der Waals surface area contributed by atoms with Crippen molar-refractivity contribution in [3.8, 4) is 0 Å². The van der Waals surface area contributed by atoms with Crippen molar-refractivity contribution in [1.29, 1.82) is 0 Å². The number of carbonyl (C=O) groups is 1. The van der Waals surface area contributed by atoms with Gasteiger partial charge >= 0.3 is 0 Å². The number of hydrogen-bond acceptors (Lipinski definition) is 4. The van der Waals surface area contributed by atoms with Gasteiger partial charge in [-0.05, 0) is 35.9 Å². The highest BCUT2D eigenvalue weighted by molar-refractivity contribution is 7.95. The Morgan fingerprint density at radius 2 is 1.76 bits per heavy atom. The third-order valence-electron chi connectivity index (χ3n) is 3.24. The predicted octanol–water partition coefficient (Wildman–Crippen LogP) is 2.48. The molecule has 0 aliphatic carbocycles. The summed E-state index contributed by atoms with van der Waals surface area (Å²) in [6.45, 7) is 0.839. The smallest absolute Gasteiger partial charge is 0.255 e. The Hall–Kier alpha value is -2.64. The molecule has 0 spiro atoms. The van der Waals surface area contributed by atoms with Crippen molar-refractivity contribution in [3.05, 3.63) is 71.1 Å². The maximum absolute atomic E-state index is 12.1. The first-order valence-electron chi connectivity index (χ1n) is 7.63. The van der Waals surface area contributed by atoms with Crippen molar-refractivity contribution in [3.63, 3.8) is 0 Å². The fraction of sp³-hybridized carbons (Fsp3) is 0.167. The van der Waals surface area contributed by atoms with Crippen molar-refractivity contribution >= 4 is 27.7 Å². The average molecular weight is 360 g/mol. The van der Waals surface area contributed by atoms with Crippen molar-refractivity contribution in [1.82, 2.24) is 5.32 Å². The minimum absolute atomic E-state index is 0.240. The summed E-state index contributed by atoms with van der Waals surface area (Å²) in [7, 11) is -2.08. The molecule has 2 aromatic rings. The van der Waals surface area contributed by atoms with E-state index < -0.39 is 10.0 Å². The third-order valence-corrected chi connectivity index (χ3v) is 4.25. The number of benzene rings is 2. The van der Waals surface area contributed by atoms with E-state index in [4.69, 9.17) is 4.74 Å². The van der Waals surface area contributed by atoms with Crippen molar-refractivity contribution in [2.75, 3.05) is 25.0 Å². The maximum Gasteiger partial charge on any atom is 0.255 e. The monoisotopic (exact) mass is 360 g/mol. The molecule has 0 atom stereocenters. The van der Waals surface area contributed by atoms with E-state index in [1.165, 1.54) is 6.08 Å². The van der Waals surface area contributed by atoms with Crippen LogP contribution in [0.1, 0.15) is 15.9 Å². The largest absolute Gasteiger partial charge is 0.383 e. The summed E-state index contributed by atoms with van der Waals surface area (Å²) in [6, 6.07) is 15.3. The molecule has 0 saturated heterocycles. The summed E-state index contributed by atoms with van der Waals surface area (Å²) in [5.41, 5.74) is 1.61. The lowest BCUT2D eigenvalue weighted by Gasteiger charge is -2.07. The number of methoxy groups -OCH3 is 1. The first-order chi connectivity index (χ1) is 12.0. The number of carbonyl (C=O) groups excluding carboxylic acids is 1. The van der Waals surface area contributed by atoms with Crippen LogP contribution in [-0.4, -0.2) is 34.6 Å². The van der Waals surface area contributed by atoms with Crippen molar-refractivity contribution < 1.29 is 17.9 Å². The van der Waals surface area contributed by atoms with Gasteiger partial charge in [-0.3, -0.25) is 9.52 Å². The van der Waals surface area contributed by atoms with Gasteiger partial charge in [0.15, 0.2) is 0 Å². The zero-order valence-electron chi connectivity index (χ0n) is 13.8. The number of amides is 1. The van der Waals surface area contributed by atoms with Crippen LogP contribution in [0.5, 0.6) is 0 Å². The minimum atomic E-state index is -3.63. The van der Waals surface area contributed by atoms with E-state index in [9.17, 15) is 13.2 Å². The van der Waals surface area contributed by atoms with Crippen LogP contribution in [0, 0.1) is 0 Å². The Morgan fingerprint density at radius 1 is 1.08 bits per heavy atom. The SMILES string of the molecule is COCCNC(=O)c1ccc(NS(=O)(=O)/C=C/c2ccccc2)cc1. The molecule has 2 aromatic carbocycles. The summed E-state index contributed by atoms with van der Waals surface area (Å²) < 4.78 is 31.5. The van der Waals surface area contributed by atoms with Gasteiger partial charge in [0.2, 0.25) is 0 Å². The second-order valence-electron chi connectivity index (χ2n) is 5.19. The molecule has 0 heterocycles. The van der Waals surface area contributed by atoms with Gasteiger partial charge in [-0.25, -0.2) is 8.42 Å². The van der Waals surface area contributed by atoms with E-state index in [1.807, 2.05) is 30.3 Å². The van der Waals surface area contributed by atoms with Gasteiger partial charge in [-0.2, -0.15) is 0 Å². The van der Waals surface area contributed by atoms with Crippen LogP contribution >= 0.6 is 0 Å². The Labute approximate surface area is 147 Å². The van der Waals surface area contributed by atoms with Gasteiger partial charge in [-0.1, -0.05) is 30.3 Å². The van der Waals surface area contributed by atoms with Gasteiger partial charge in [0, 0.05) is 24.9 Å². The zero-order valence-corrected chi connectivity index (χ0v) is 14.6. The van der Waals surface area contributed by atoms with E-state index in [0.29, 0.717) is 24.4 Å². The molecule has 0 bridgehead atoms. The number of nitrogens with one attached hydrogen (secondary N) is 2. The number of hydrogen-bond donors (Lipinski definition) is 2. The van der Waals surface area contributed by atoms with Crippen LogP contribution < -0.4 is 10.0 Å². The first kappa shape index (κ1) is 18.7. The Balaban J connectivity index is 1.98. The van der Waals surface area contributed by atoms with Crippen molar-refractivity contribution in [2.45, 2.75) is 0 Å². The Bertz CT molecular complexity index is 816. The topological polar surface area (TPSA) is 84.5 Å². The second-order valence-corrected chi connectivity index (χ2v) is 6.75. The van der Waals surface area contributed by atoms with E-state index in [2.05, 4.69) is 10.0 Å². The number of ether oxygens (including phenoxy) is 1. The molecule has 0 saturated carbocycles. The van der Waals surface area contributed by atoms with E-state index in [0.717, 1.165) is 11.0 Å². The predicted molar refractivity (Wildman–Crippen MR) is 98.7 cm³/mol. The van der Waals surface area contributed by atoms with E-state index in [-0.39, 0.29) is 5.91 Å². The molecule has 1 amide bonds. The average Bonchev–Trinajstić information content (AvgIpc) is 2.61. The molecule has 132 valence electrons. The Morgan fingerprint density at radius 3 is 2.40 bits per heavy atom. The summed E-state index contributed by atoms with van der Waals surface area (Å²) in [5.74, 6) is -0.240. The molecule has 0 unspecified atom stereocenters. The van der Waals surface area contributed by atoms with Crippen LogP contribution in [0.3, 0.4) is 0 Å². The molecule has 2 N–H and O–H groups in total. The number of rotatable bonds is 8. The van der Waals surface area contributed by atoms with Gasteiger partial charge < -0.3 is 10.1 Å².